The number of aryl methyl sites for hydroxylation is 1. The molecular weight excluding hydrogens is 268 g/mol. The highest BCUT2D eigenvalue weighted by Crippen LogP contribution is 2.29. The molecule has 0 atom stereocenters. The number of rotatable bonds is 4. The Bertz CT molecular complexity index is 482. The van der Waals surface area contributed by atoms with Crippen molar-refractivity contribution >= 4 is 24.1 Å². The van der Waals surface area contributed by atoms with E-state index in [1.807, 2.05) is 7.05 Å². The number of Topliss-reactive ketones (excluding diaryl/α,β-unsaturated/α-hetero) is 1. The minimum absolute atomic E-state index is 0. The topological polar surface area (TPSA) is 71.3 Å². The lowest BCUT2D eigenvalue weighted by molar-refractivity contribution is 0.0920. The lowest BCUT2D eigenvalue weighted by Gasteiger charge is -2.07. The third kappa shape index (κ3) is 3.16. The Hall–Kier alpha value is -1.33. The molecule has 1 heterocycles. The van der Waals surface area contributed by atoms with Crippen LogP contribution < -0.4 is 10.6 Å². The number of likely N-dealkylation sites (N-methyl/N-ethyl adjacent to an activating group) is 1. The third-order valence-electron chi connectivity index (χ3n) is 3.17. The van der Waals surface area contributed by atoms with Crippen LogP contribution in [-0.2, 0) is 6.42 Å². The molecular formula is C13H19ClN2O3. The summed E-state index contributed by atoms with van der Waals surface area (Å²) < 4.78 is 5.55. The number of carbonyl (C=O) groups is 2. The van der Waals surface area contributed by atoms with E-state index in [2.05, 4.69) is 10.6 Å². The second-order valence-corrected chi connectivity index (χ2v) is 4.49. The molecule has 19 heavy (non-hydrogen) atoms. The van der Waals surface area contributed by atoms with Crippen molar-refractivity contribution in [2.45, 2.75) is 26.2 Å². The van der Waals surface area contributed by atoms with Crippen molar-refractivity contribution in [3.8, 4) is 0 Å². The summed E-state index contributed by atoms with van der Waals surface area (Å²) in [5.74, 6) is 0.797. The average Bonchev–Trinajstić information content (AvgIpc) is 2.68. The lowest BCUT2D eigenvalue weighted by atomic mass is 9.94. The molecule has 1 aromatic rings. The van der Waals surface area contributed by atoms with Gasteiger partial charge in [0.25, 0.3) is 5.91 Å². The number of amides is 1. The predicted molar refractivity (Wildman–Crippen MR) is 74.2 cm³/mol. The van der Waals surface area contributed by atoms with E-state index < -0.39 is 0 Å². The van der Waals surface area contributed by atoms with Crippen molar-refractivity contribution in [1.29, 1.82) is 0 Å². The molecule has 0 radical (unpaired) electrons. The summed E-state index contributed by atoms with van der Waals surface area (Å²) in [5.41, 5.74) is 1.30. The van der Waals surface area contributed by atoms with Crippen LogP contribution in [0.5, 0.6) is 0 Å². The summed E-state index contributed by atoms with van der Waals surface area (Å²) in [7, 11) is 1.82. The van der Waals surface area contributed by atoms with E-state index >= 15 is 0 Å². The fourth-order valence-electron chi connectivity index (χ4n) is 2.25. The van der Waals surface area contributed by atoms with E-state index in [-0.39, 0.29) is 29.9 Å². The molecule has 0 aromatic carbocycles. The van der Waals surface area contributed by atoms with Gasteiger partial charge in [0.2, 0.25) is 0 Å². The Balaban J connectivity index is 0.00000180. The van der Waals surface area contributed by atoms with Gasteiger partial charge in [-0.2, -0.15) is 0 Å². The number of nitrogens with one attached hydrogen (secondary N) is 2. The molecule has 2 N–H and O–H groups in total. The molecule has 1 amide bonds. The first-order valence-electron chi connectivity index (χ1n) is 6.23. The standard InChI is InChI=1S/C13H18N2O3.ClH/c1-8-11-9(16)4-3-5-10(11)18-12(8)13(17)15-7-6-14-2;/h14H,3-7H2,1-2H3,(H,15,17);1H. The first-order chi connectivity index (χ1) is 8.65. The first kappa shape index (κ1) is 15.7. The zero-order valence-corrected chi connectivity index (χ0v) is 12.0. The smallest absolute Gasteiger partial charge is 0.287 e. The molecule has 2 rings (SSSR count). The van der Waals surface area contributed by atoms with Crippen LogP contribution in [-0.4, -0.2) is 31.8 Å². The van der Waals surface area contributed by atoms with E-state index in [4.69, 9.17) is 4.42 Å². The van der Waals surface area contributed by atoms with Gasteiger partial charge >= 0.3 is 0 Å². The molecule has 5 nitrogen and oxygen atoms in total. The van der Waals surface area contributed by atoms with Crippen molar-refractivity contribution in [2.24, 2.45) is 0 Å². The maximum absolute atomic E-state index is 11.9. The molecule has 0 saturated heterocycles. The molecule has 1 aromatic heterocycles. The molecule has 0 bridgehead atoms. The summed E-state index contributed by atoms with van der Waals surface area (Å²) in [4.78, 5) is 23.7. The quantitative estimate of drug-likeness (QED) is 0.823. The molecule has 0 unspecified atom stereocenters. The molecule has 0 fully saturated rings. The second kappa shape index (κ2) is 6.73. The van der Waals surface area contributed by atoms with E-state index in [0.29, 0.717) is 36.4 Å². The van der Waals surface area contributed by atoms with Crippen molar-refractivity contribution in [2.75, 3.05) is 20.1 Å². The van der Waals surface area contributed by atoms with Crippen LogP contribution in [0.25, 0.3) is 0 Å². The van der Waals surface area contributed by atoms with Crippen LogP contribution in [0.15, 0.2) is 4.42 Å². The largest absolute Gasteiger partial charge is 0.455 e. The number of furan rings is 1. The first-order valence-corrected chi connectivity index (χ1v) is 6.23. The Morgan fingerprint density at radius 2 is 2.05 bits per heavy atom. The van der Waals surface area contributed by atoms with E-state index in [1.54, 1.807) is 6.92 Å². The molecule has 106 valence electrons. The maximum atomic E-state index is 11.9. The number of ketones is 1. The number of carbonyl (C=O) groups excluding carboxylic acids is 2. The van der Waals surface area contributed by atoms with Crippen molar-refractivity contribution in [1.82, 2.24) is 10.6 Å². The maximum Gasteiger partial charge on any atom is 0.287 e. The highest BCUT2D eigenvalue weighted by atomic mass is 35.5. The van der Waals surface area contributed by atoms with Gasteiger partial charge in [-0.3, -0.25) is 9.59 Å². The normalized spacial score (nSPS) is 13.7. The molecule has 1 aliphatic rings. The van der Waals surface area contributed by atoms with Crippen molar-refractivity contribution in [3.63, 3.8) is 0 Å². The van der Waals surface area contributed by atoms with Gasteiger partial charge in [0.15, 0.2) is 11.5 Å². The van der Waals surface area contributed by atoms with Crippen LogP contribution in [0, 0.1) is 6.92 Å². The van der Waals surface area contributed by atoms with Gasteiger partial charge in [-0.25, -0.2) is 0 Å². The van der Waals surface area contributed by atoms with Gasteiger partial charge in [-0.1, -0.05) is 0 Å². The predicted octanol–water partition coefficient (Wildman–Crippen LogP) is 1.48. The summed E-state index contributed by atoms with van der Waals surface area (Å²) in [6.45, 7) is 3.01. The minimum atomic E-state index is -0.245. The fraction of sp³-hybridized carbons (Fsp3) is 0.538. The van der Waals surface area contributed by atoms with Gasteiger partial charge in [0.05, 0.1) is 5.56 Å². The molecule has 0 saturated carbocycles. The fourth-order valence-corrected chi connectivity index (χ4v) is 2.25. The number of hydrogen-bond donors (Lipinski definition) is 2. The average molecular weight is 287 g/mol. The SMILES string of the molecule is CNCCNC(=O)c1oc2c(c1C)C(=O)CCC2.Cl. The number of fused-ring (bicyclic) bond motifs is 1. The molecule has 0 aliphatic heterocycles. The molecule has 1 aliphatic carbocycles. The van der Waals surface area contributed by atoms with Crippen LogP contribution in [0.2, 0.25) is 0 Å². The van der Waals surface area contributed by atoms with E-state index in [9.17, 15) is 9.59 Å². The summed E-state index contributed by atoms with van der Waals surface area (Å²) >= 11 is 0. The summed E-state index contributed by atoms with van der Waals surface area (Å²) in [6, 6.07) is 0. The zero-order chi connectivity index (χ0) is 13.1. The van der Waals surface area contributed by atoms with Gasteiger partial charge in [-0.15, -0.1) is 12.4 Å². The van der Waals surface area contributed by atoms with Crippen LogP contribution in [0.1, 0.15) is 45.1 Å². The highest BCUT2D eigenvalue weighted by molar-refractivity contribution is 6.03. The Morgan fingerprint density at radius 3 is 2.68 bits per heavy atom. The van der Waals surface area contributed by atoms with Crippen molar-refractivity contribution in [3.05, 3.63) is 22.6 Å². The van der Waals surface area contributed by atoms with Gasteiger partial charge in [0, 0.05) is 31.5 Å². The number of halogens is 1. The number of hydrogen-bond acceptors (Lipinski definition) is 4. The van der Waals surface area contributed by atoms with Gasteiger partial charge in [-0.05, 0) is 20.4 Å². The highest BCUT2D eigenvalue weighted by Gasteiger charge is 2.28. The monoisotopic (exact) mass is 286 g/mol. The Kier molecular flexibility index (Phi) is 5.57. The molecule has 0 spiro atoms. The summed E-state index contributed by atoms with van der Waals surface area (Å²) in [5, 5.41) is 5.70. The van der Waals surface area contributed by atoms with Crippen LogP contribution >= 0.6 is 12.4 Å². The van der Waals surface area contributed by atoms with Crippen LogP contribution in [0.4, 0.5) is 0 Å². The van der Waals surface area contributed by atoms with Crippen LogP contribution in [0.3, 0.4) is 0 Å². The Morgan fingerprint density at radius 1 is 1.32 bits per heavy atom. The van der Waals surface area contributed by atoms with Gasteiger partial charge in [0.1, 0.15) is 5.76 Å². The van der Waals surface area contributed by atoms with E-state index in [1.165, 1.54) is 0 Å². The molecule has 6 heteroatoms. The third-order valence-corrected chi connectivity index (χ3v) is 3.17. The Labute approximate surface area is 118 Å². The summed E-state index contributed by atoms with van der Waals surface area (Å²) in [6.07, 6.45) is 2.10. The van der Waals surface area contributed by atoms with Gasteiger partial charge < -0.3 is 15.1 Å². The van der Waals surface area contributed by atoms with Crippen molar-refractivity contribution < 1.29 is 14.0 Å². The van der Waals surface area contributed by atoms with E-state index in [0.717, 1.165) is 12.8 Å². The second-order valence-electron chi connectivity index (χ2n) is 4.49. The zero-order valence-electron chi connectivity index (χ0n) is 11.2. The lowest BCUT2D eigenvalue weighted by Crippen LogP contribution is -2.30. The minimum Gasteiger partial charge on any atom is -0.455 e.